The molecule has 8 N–H and O–H groups in total. The van der Waals surface area contributed by atoms with E-state index in [9.17, 15) is 40.5 Å². The molecule has 2 saturated heterocycles. The Morgan fingerprint density at radius 3 is 1.85 bits per heavy atom. The average molecular weight is 595 g/mol. The van der Waals surface area contributed by atoms with Crippen LogP contribution in [0.25, 0.3) is 0 Å². The van der Waals surface area contributed by atoms with Gasteiger partial charge in [-0.1, -0.05) is 37.8 Å². The quantitative estimate of drug-likeness (QED) is 0.0728. The average Bonchev–Trinajstić information content (AvgIpc) is 2.94. The minimum atomic E-state index is -1.72. The summed E-state index contributed by atoms with van der Waals surface area (Å²) >= 11 is 0. The molecule has 2 rings (SSSR count). The molecular weight excluding hydrogens is 544 g/mol. The Bertz CT molecular complexity index is 750. The van der Waals surface area contributed by atoms with Crippen LogP contribution in [0.1, 0.15) is 77.6 Å². The van der Waals surface area contributed by atoms with Gasteiger partial charge in [-0.15, -0.1) is 0 Å². The number of allylic oxidation sites excluding steroid dienone is 2. The number of aliphatic hydroxyl groups excluding tert-OH is 7. The lowest BCUT2D eigenvalue weighted by Gasteiger charge is -2.46. The van der Waals surface area contributed by atoms with E-state index in [1.807, 2.05) is 6.92 Å². The van der Waals surface area contributed by atoms with E-state index in [2.05, 4.69) is 12.2 Å². The molecule has 0 aromatic carbocycles. The SMILES string of the molecule is C[C@@H](CCCCCC/C=C\CCCCCC(=O)O)OC1OC(CO)C(O)C(O)C1OC1OC(CO)C(O)C(O)C1O. The first-order valence-electron chi connectivity index (χ1n) is 14.7. The molecule has 0 aromatic rings. The molecule has 11 atom stereocenters. The highest BCUT2D eigenvalue weighted by Crippen LogP contribution is 2.30. The molecule has 2 fully saturated rings. The van der Waals surface area contributed by atoms with Gasteiger partial charge in [-0.3, -0.25) is 4.79 Å². The number of carbonyl (C=O) groups is 1. The maximum absolute atomic E-state index is 10.7. The largest absolute Gasteiger partial charge is 0.481 e. The van der Waals surface area contributed by atoms with E-state index in [-0.39, 0.29) is 12.5 Å². The minimum absolute atomic E-state index is 0.228. The maximum atomic E-state index is 10.7. The number of carboxylic acid groups (broad SMARTS) is 1. The standard InChI is InChI=1S/C28H50O13/c1-17(13-11-9-7-5-3-2-4-6-8-10-12-14-20(31)32)38-28-26(24(36)22(34)19(16-30)40-28)41-27-25(37)23(35)21(33)18(15-29)39-27/h2,4,17-19,21-30,33-37H,3,5-16H2,1H3,(H,31,32)/b4-2-/t17-,18?,19?,21?,22?,23?,24?,25?,26?,27?,28?/m0/s1. The van der Waals surface area contributed by atoms with Crippen molar-refractivity contribution in [2.45, 2.75) is 145 Å². The summed E-state index contributed by atoms with van der Waals surface area (Å²) in [5, 5.41) is 79.1. The molecule has 240 valence electrons. The Hall–Kier alpha value is -1.23. The highest BCUT2D eigenvalue weighted by atomic mass is 16.8. The van der Waals surface area contributed by atoms with Gasteiger partial charge in [0.05, 0.1) is 19.3 Å². The Balaban J connectivity index is 1.77. The lowest BCUT2D eigenvalue weighted by atomic mass is 9.97. The molecule has 13 nitrogen and oxygen atoms in total. The maximum Gasteiger partial charge on any atom is 0.303 e. The molecule has 0 amide bonds. The number of hydrogen-bond donors (Lipinski definition) is 8. The number of ether oxygens (including phenoxy) is 4. The van der Waals surface area contributed by atoms with Crippen LogP contribution in [-0.2, 0) is 23.7 Å². The molecule has 2 heterocycles. The topological polar surface area (TPSA) is 216 Å². The summed E-state index contributed by atoms with van der Waals surface area (Å²) in [6.07, 6.45) is -1.30. The van der Waals surface area contributed by atoms with Crippen LogP contribution < -0.4 is 0 Å². The van der Waals surface area contributed by atoms with Gasteiger partial charge in [0.1, 0.15) is 48.8 Å². The van der Waals surface area contributed by atoms with Gasteiger partial charge >= 0.3 is 5.97 Å². The van der Waals surface area contributed by atoms with Crippen molar-refractivity contribution < 1.29 is 64.6 Å². The second-order valence-electron chi connectivity index (χ2n) is 10.9. The smallest absolute Gasteiger partial charge is 0.303 e. The van der Waals surface area contributed by atoms with Crippen molar-refractivity contribution in [2.24, 2.45) is 0 Å². The first kappa shape index (κ1) is 36.0. The van der Waals surface area contributed by atoms with Gasteiger partial charge in [-0.05, 0) is 45.4 Å². The molecule has 10 unspecified atom stereocenters. The summed E-state index contributed by atoms with van der Waals surface area (Å²) < 4.78 is 22.7. The normalized spacial score (nSPS) is 35.1. The summed E-state index contributed by atoms with van der Waals surface area (Å²) in [6, 6.07) is 0. The summed E-state index contributed by atoms with van der Waals surface area (Å²) in [5.74, 6) is -0.747. The van der Waals surface area contributed by atoms with Crippen LogP contribution in [0.15, 0.2) is 12.2 Å². The number of hydrogen-bond acceptors (Lipinski definition) is 12. The van der Waals surface area contributed by atoms with Crippen molar-refractivity contribution in [2.75, 3.05) is 13.2 Å². The monoisotopic (exact) mass is 594 g/mol. The highest BCUT2D eigenvalue weighted by molar-refractivity contribution is 5.66. The Morgan fingerprint density at radius 1 is 0.732 bits per heavy atom. The number of unbranched alkanes of at least 4 members (excludes halogenated alkanes) is 7. The van der Waals surface area contributed by atoms with Crippen molar-refractivity contribution in [1.29, 1.82) is 0 Å². The van der Waals surface area contributed by atoms with E-state index in [1.165, 1.54) is 0 Å². The molecule has 2 aliphatic heterocycles. The van der Waals surface area contributed by atoms with Crippen molar-refractivity contribution in [3.05, 3.63) is 12.2 Å². The lowest BCUT2D eigenvalue weighted by Crippen LogP contribution is -2.64. The molecule has 0 aromatic heterocycles. The summed E-state index contributed by atoms with van der Waals surface area (Å²) in [7, 11) is 0. The van der Waals surface area contributed by atoms with Crippen LogP contribution in [0.4, 0.5) is 0 Å². The van der Waals surface area contributed by atoms with Gasteiger partial charge in [0.25, 0.3) is 0 Å². The van der Waals surface area contributed by atoms with E-state index in [0.717, 1.165) is 51.4 Å². The van der Waals surface area contributed by atoms with Crippen molar-refractivity contribution in [1.82, 2.24) is 0 Å². The minimum Gasteiger partial charge on any atom is -0.481 e. The molecule has 0 spiro atoms. The van der Waals surface area contributed by atoms with Crippen molar-refractivity contribution >= 4 is 5.97 Å². The van der Waals surface area contributed by atoms with E-state index in [0.29, 0.717) is 12.8 Å². The molecule has 0 saturated carbocycles. The molecule has 13 heteroatoms. The molecule has 0 radical (unpaired) electrons. The number of rotatable bonds is 19. The Morgan fingerprint density at radius 2 is 1.27 bits per heavy atom. The van der Waals surface area contributed by atoms with Crippen LogP contribution in [-0.4, -0.2) is 128 Å². The van der Waals surface area contributed by atoms with Gasteiger partial charge < -0.3 is 59.8 Å². The Kier molecular flexibility index (Phi) is 16.8. The lowest BCUT2D eigenvalue weighted by molar-refractivity contribution is -0.371. The van der Waals surface area contributed by atoms with Crippen LogP contribution in [0.5, 0.6) is 0 Å². The van der Waals surface area contributed by atoms with E-state index in [1.54, 1.807) is 0 Å². The third-order valence-electron chi connectivity index (χ3n) is 7.49. The highest BCUT2D eigenvalue weighted by Gasteiger charge is 2.51. The summed E-state index contributed by atoms with van der Waals surface area (Å²) in [4.78, 5) is 10.5. The Labute approximate surface area is 241 Å². The van der Waals surface area contributed by atoms with Crippen LogP contribution in [0.2, 0.25) is 0 Å². The summed E-state index contributed by atoms with van der Waals surface area (Å²) in [5.41, 5.74) is 0. The second kappa shape index (κ2) is 19.1. The molecular formula is C28H50O13. The van der Waals surface area contributed by atoms with E-state index >= 15 is 0 Å². The van der Waals surface area contributed by atoms with Gasteiger partial charge in [-0.25, -0.2) is 0 Å². The molecule has 0 aliphatic carbocycles. The number of carboxylic acids is 1. The van der Waals surface area contributed by atoms with Crippen LogP contribution in [0.3, 0.4) is 0 Å². The van der Waals surface area contributed by atoms with Crippen molar-refractivity contribution in [3.63, 3.8) is 0 Å². The van der Waals surface area contributed by atoms with Crippen molar-refractivity contribution in [3.8, 4) is 0 Å². The van der Waals surface area contributed by atoms with Crippen LogP contribution in [0, 0.1) is 0 Å². The van der Waals surface area contributed by atoms with E-state index in [4.69, 9.17) is 24.1 Å². The molecule has 0 bridgehead atoms. The first-order valence-corrected chi connectivity index (χ1v) is 14.7. The predicted molar refractivity (Wildman–Crippen MR) is 145 cm³/mol. The fraction of sp³-hybridized carbons (Fsp3) is 0.893. The predicted octanol–water partition coefficient (Wildman–Crippen LogP) is -0.0525. The second-order valence-corrected chi connectivity index (χ2v) is 10.9. The van der Waals surface area contributed by atoms with Gasteiger partial charge in [0, 0.05) is 6.42 Å². The summed E-state index contributed by atoms with van der Waals surface area (Å²) in [6.45, 7) is 0.574. The van der Waals surface area contributed by atoms with Gasteiger partial charge in [0.15, 0.2) is 12.6 Å². The van der Waals surface area contributed by atoms with Gasteiger partial charge in [-0.2, -0.15) is 0 Å². The number of aliphatic hydroxyl groups is 7. The zero-order valence-electron chi connectivity index (χ0n) is 23.8. The third-order valence-corrected chi connectivity index (χ3v) is 7.49. The zero-order chi connectivity index (χ0) is 30.4. The fourth-order valence-electron chi connectivity index (χ4n) is 4.94. The molecule has 41 heavy (non-hydrogen) atoms. The molecule has 2 aliphatic rings. The number of aliphatic carboxylic acids is 1. The zero-order valence-corrected chi connectivity index (χ0v) is 23.8. The van der Waals surface area contributed by atoms with E-state index < -0.39 is 80.6 Å². The first-order chi connectivity index (χ1) is 19.6. The fourth-order valence-corrected chi connectivity index (χ4v) is 4.94. The third kappa shape index (κ3) is 11.8. The van der Waals surface area contributed by atoms with Gasteiger partial charge in [0.2, 0.25) is 0 Å². The van der Waals surface area contributed by atoms with Crippen LogP contribution >= 0.6 is 0 Å².